The molecule has 1 aliphatic rings. The average molecular weight is 654 g/mol. The van der Waals surface area contributed by atoms with Gasteiger partial charge in [-0.15, -0.1) is 0 Å². The van der Waals surface area contributed by atoms with Crippen molar-refractivity contribution in [2.24, 2.45) is 0 Å². The molecule has 0 amide bonds. The first kappa shape index (κ1) is 33.0. The number of para-hydroxylation sites is 1. The summed E-state index contributed by atoms with van der Waals surface area (Å²) in [4.78, 5) is 3.52. The van der Waals surface area contributed by atoms with Gasteiger partial charge < -0.3 is 28.7 Å². The number of hydrogen-bond donors (Lipinski definition) is 1. The highest BCUT2D eigenvalue weighted by molar-refractivity contribution is 5.86. The first-order valence-corrected chi connectivity index (χ1v) is 17.0. The van der Waals surface area contributed by atoms with Crippen LogP contribution in [0.25, 0.3) is 10.9 Å². The Kier molecular flexibility index (Phi) is 10.9. The smallest absolute Gasteiger partial charge is 0.117 e. The Morgan fingerprint density at radius 1 is 0.531 bits per heavy atom. The molecular weight excluding hydrogens is 610 g/mol. The fourth-order valence-electron chi connectivity index (χ4n) is 6.60. The SMILES string of the molecule is Cc1cccc2c([C@@H]3O[C@H](COCc4ccccc4)[C@@H](OCc4ccccc4)[C@H](OCc4ccccc4)[C@H]3OCc3ccccc3)c[nH]c12. The van der Waals surface area contributed by atoms with Crippen molar-refractivity contribution in [1.29, 1.82) is 0 Å². The maximum Gasteiger partial charge on any atom is 0.117 e. The molecule has 0 radical (unpaired) electrons. The van der Waals surface area contributed by atoms with Crippen molar-refractivity contribution in [3.05, 3.63) is 179 Å². The van der Waals surface area contributed by atoms with Gasteiger partial charge in [-0.3, -0.25) is 0 Å². The standard InChI is InChI=1S/C43H43NO5/c1-31-15-14-24-36-37(25-44-39(31)36)40-42(47-28-34-20-10-4-11-21-34)43(48-29-35-22-12-5-13-23-35)41(46-27-33-18-8-3-9-19-33)38(49-40)30-45-26-32-16-6-2-7-17-32/h2-25,38,40-44H,26-30H2,1H3/t38-,40+,41-,42+,43+/m1/s1. The van der Waals surface area contributed by atoms with E-state index in [-0.39, 0.29) is 0 Å². The minimum atomic E-state index is -0.491. The average Bonchev–Trinajstić information content (AvgIpc) is 3.60. The second kappa shape index (κ2) is 16.2. The molecule has 250 valence electrons. The number of H-pyrrole nitrogens is 1. The van der Waals surface area contributed by atoms with Crippen molar-refractivity contribution in [3.63, 3.8) is 0 Å². The predicted octanol–water partition coefficient (Wildman–Crippen LogP) is 8.89. The third-order valence-electron chi connectivity index (χ3n) is 9.15. The van der Waals surface area contributed by atoms with E-state index in [4.69, 9.17) is 23.7 Å². The van der Waals surface area contributed by atoms with Crippen LogP contribution < -0.4 is 0 Å². The van der Waals surface area contributed by atoms with Gasteiger partial charge >= 0.3 is 0 Å². The van der Waals surface area contributed by atoms with Crippen LogP contribution in [-0.2, 0) is 50.1 Å². The number of fused-ring (bicyclic) bond motifs is 1. The minimum absolute atomic E-state index is 0.322. The number of rotatable bonds is 14. The summed E-state index contributed by atoms with van der Waals surface area (Å²) in [5.41, 5.74) is 7.62. The van der Waals surface area contributed by atoms with E-state index in [2.05, 4.69) is 84.8 Å². The van der Waals surface area contributed by atoms with Gasteiger partial charge in [-0.05, 0) is 34.7 Å². The van der Waals surface area contributed by atoms with Crippen molar-refractivity contribution in [3.8, 4) is 0 Å². The minimum Gasteiger partial charge on any atom is -0.374 e. The molecule has 1 aliphatic heterocycles. The van der Waals surface area contributed by atoms with Crippen molar-refractivity contribution < 1.29 is 23.7 Å². The van der Waals surface area contributed by atoms with Gasteiger partial charge in [0.15, 0.2) is 0 Å². The molecule has 1 N–H and O–H groups in total. The van der Waals surface area contributed by atoms with Gasteiger partial charge in [-0.1, -0.05) is 140 Å². The molecule has 2 heterocycles. The van der Waals surface area contributed by atoms with E-state index in [0.717, 1.165) is 38.7 Å². The molecular formula is C43H43NO5. The highest BCUT2D eigenvalue weighted by Gasteiger charge is 2.49. The van der Waals surface area contributed by atoms with Crippen molar-refractivity contribution in [1.82, 2.24) is 4.98 Å². The number of aromatic nitrogens is 1. The summed E-state index contributed by atoms with van der Waals surface area (Å²) in [5, 5.41) is 1.10. The number of benzene rings is 5. The third kappa shape index (κ3) is 8.19. The summed E-state index contributed by atoms with van der Waals surface area (Å²) in [6, 6.07) is 47.3. The van der Waals surface area contributed by atoms with Crippen LogP contribution >= 0.6 is 0 Å². The lowest BCUT2D eigenvalue weighted by Gasteiger charge is -2.46. The van der Waals surface area contributed by atoms with Gasteiger partial charge in [0.25, 0.3) is 0 Å². The molecule has 0 aliphatic carbocycles. The van der Waals surface area contributed by atoms with Gasteiger partial charge in [-0.2, -0.15) is 0 Å². The van der Waals surface area contributed by atoms with E-state index < -0.39 is 30.5 Å². The topological polar surface area (TPSA) is 61.9 Å². The molecule has 1 fully saturated rings. The molecule has 0 unspecified atom stereocenters. The van der Waals surface area contributed by atoms with Crippen LogP contribution in [-0.4, -0.2) is 36.0 Å². The van der Waals surface area contributed by atoms with Crippen LogP contribution in [0, 0.1) is 6.92 Å². The summed E-state index contributed by atoms with van der Waals surface area (Å²) in [7, 11) is 0. The summed E-state index contributed by atoms with van der Waals surface area (Å²) in [5.74, 6) is 0. The van der Waals surface area contributed by atoms with Gasteiger partial charge in [0, 0.05) is 22.7 Å². The Hall–Kier alpha value is -4.56. The van der Waals surface area contributed by atoms with E-state index in [1.165, 1.54) is 5.56 Å². The number of aryl methyl sites for hydroxylation is 1. The monoisotopic (exact) mass is 653 g/mol. The molecule has 49 heavy (non-hydrogen) atoms. The molecule has 6 nitrogen and oxygen atoms in total. The van der Waals surface area contributed by atoms with Crippen LogP contribution in [0.2, 0.25) is 0 Å². The highest BCUT2D eigenvalue weighted by atomic mass is 16.6. The summed E-state index contributed by atoms with van der Waals surface area (Å²) >= 11 is 0. The van der Waals surface area contributed by atoms with E-state index >= 15 is 0 Å². The third-order valence-corrected chi connectivity index (χ3v) is 9.15. The molecule has 0 bridgehead atoms. The molecule has 0 saturated carbocycles. The quantitative estimate of drug-likeness (QED) is 0.127. The molecule has 0 spiro atoms. The Morgan fingerprint density at radius 3 is 1.57 bits per heavy atom. The summed E-state index contributed by atoms with van der Waals surface area (Å²) in [6.07, 6.45) is -0.293. The lowest BCUT2D eigenvalue weighted by Crippen LogP contribution is -2.58. The summed E-state index contributed by atoms with van der Waals surface area (Å²) in [6.45, 7) is 4.11. The Labute approximate surface area is 288 Å². The zero-order valence-corrected chi connectivity index (χ0v) is 27.8. The maximum atomic E-state index is 7.13. The van der Waals surface area contributed by atoms with Crippen molar-refractivity contribution >= 4 is 10.9 Å². The Morgan fingerprint density at radius 2 is 1.02 bits per heavy atom. The van der Waals surface area contributed by atoms with Crippen LogP contribution in [0.4, 0.5) is 0 Å². The van der Waals surface area contributed by atoms with E-state index in [0.29, 0.717) is 33.0 Å². The predicted molar refractivity (Wildman–Crippen MR) is 192 cm³/mol. The molecule has 1 saturated heterocycles. The number of aromatic amines is 1. The first-order chi connectivity index (χ1) is 24.2. The molecule has 6 aromatic rings. The fourth-order valence-corrected chi connectivity index (χ4v) is 6.60. The van der Waals surface area contributed by atoms with Crippen LogP contribution in [0.5, 0.6) is 0 Å². The van der Waals surface area contributed by atoms with Gasteiger partial charge in [0.05, 0.1) is 33.0 Å². The maximum absolute atomic E-state index is 7.13. The molecule has 6 heteroatoms. The fraction of sp³-hybridized carbons (Fsp3) is 0.256. The highest BCUT2D eigenvalue weighted by Crippen LogP contribution is 2.41. The second-order valence-electron chi connectivity index (χ2n) is 12.6. The van der Waals surface area contributed by atoms with Crippen LogP contribution in [0.3, 0.4) is 0 Å². The summed E-state index contributed by atoms with van der Waals surface area (Å²) < 4.78 is 34.2. The zero-order valence-electron chi connectivity index (χ0n) is 27.8. The normalized spacial score (nSPS) is 20.8. The van der Waals surface area contributed by atoms with Gasteiger partial charge in [0.1, 0.15) is 30.5 Å². The van der Waals surface area contributed by atoms with Crippen molar-refractivity contribution in [2.45, 2.75) is 63.9 Å². The molecule has 1 aromatic heterocycles. The Balaban J connectivity index is 1.27. The van der Waals surface area contributed by atoms with Crippen molar-refractivity contribution in [2.75, 3.05) is 6.61 Å². The first-order valence-electron chi connectivity index (χ1n) is 17.0. The van der Waals surface area contributed by atoms with Gasteiger partial charge in [0.2, 0.25) is 0 Å². The lowest BCUT2D eigenvalue weighted by molar-refractivity contribution is -0.274. The molecule has 7 rings (SSSR count). The largest absolute Gasteiger partial charge is 0.374 e. The lowest BCUT2D eigenvalue weighted by atomic mass is 9.90. The number of nitrogens with one attached hydrogen (secondary N) is 1. The van der Waals surface area contributed by atoms with Crippen LogP contribution in [0.1, 0.15) is 39.5 Å². The molecule has 5 aromatic carbocycles. The van der Waals surface area contributed by atoms with E-state index in [9.17, 15) is 0 Å². The van der Waals surface area contributed by atoms with Gasteiger partial charge in [-0.25, -0.2) is 0 Å². The number of ether oxygens (including phenoxy) is 5. The van der Waals surface area contributed by atoms with E-state index in [1.54, 1.807) is 0 Å². The number of hydrogen-bond acceptors (Lipinski definition) is 5. The van der Waals surface area contributed by atoms with Crippen LogP contribution in [0.15, 0.2) is 146 Å². The Bertz CT molecular complexity index is 1860. The second-order valence-corrected chi connectivity index (χ2v) is 12.6. The zero-order chi connectivity index (χ0) is 33.3. The van der Waals surface area contributed by atoms with E-state index in [1.807, 2.05) is 72.8 Å². The molecule has 5 atom stereocenters.